The molecule has 7 nitrogen and oxygen atoms in total. The predicted octanol–water partition coefficient (Wildman–Crippen LogP) is 3.13. The Labute approximate surface area is 176 Å². The molecule has 1 aromatic heterocycles. The Hall–Kier alpha value is -3.19. The maximum Gasteiger partial charge on any atom is 0.300 e. The average Bonchev–Trinajstić information content (AvgIpc) is 3.39. The molecule has 1 amide bonds. The molecular formula is C23H28N4O3. The summed E-state index contributed by atoms with van der Waals surface area (Å²) < 4.78 is 2.00. The zero-order valence-corrected chi connectivity index (χ0v) is 17.1. The number of amides is 1. The third-order valence-electron chi connectivity index (χ3n) is 5.06. The van der Waals surface area contributed by atoms with Gasteiger partial charge in [-0.3, -0.25) is 19.6 Å². The van der Waals surface area contributed by atoms with Gasteiger partial charge in [-0.05, 0) is 30.9 Å². The number of rotatable bonds is 6. The van der Waals surface area contributed by atoms with E-state index in [2.05, 4.69) is 40.0 Å². The summed E-state index contributed by atoms with van der Waals surface area (Å²) in [5, 5.41) is 19.5. The lowest BCUT2D eigenvalue weighted by atomic mass is 10.1. The van der Waals surface area contributed by atoms with Gasteiger partial charge in [0.2, 0.25) is 5.91 Å². The molecule has 30 heavy (non-hydrogen) atoms. The second-order valence-corrected chi connectivity index (χ2v) is 7.35. The van der Waals surface area contributed by atoms with Crippen LogP contribution in [0.15, 0.2) is 60.8 Å². The van der Waals surface area contributed by atoms with E-state index < -0.39 is 5.97 Å². The molecule has 0 radical (unpaired) electrons. The maximum absolute atomic E-state index is 12.4. The predicted molar refractivity (Wildman–Crippen MR) is 116 cm³/mol. The number of benzene rings is 2. The van der Waals surface area contributed by atoms with Gasteiger partial charge in [0.25, 0.3) is 5.97 Å². The summed E-state index contributed by atoms with van der Waals surface area (Å²) in [4.78, 5) is 21.4. The number of nitrogens with one attached hydrogen (secondary N) is 2. The quantitative estimate of drug-likeness (QED) is 0.545. The largest absolute Gasteiger partial charge is 0.481 e. The van der Waals surface area contributed by atoms with Crippen LogP contribution in [0.1, 0.15) is 37.8 Å². The average molecular weight is 409 g/mol. The van der Waals surface area contributed by atoms with Crippen LogP contribution in [-0.4, -0.2) is 39.4 Å². The number of nitrogens with zero attached hydrogens (tertiary/aromatic N) is 2. The summed E-state index contributed by atoms with van der Waals surface area (Å²) >= 11 is 0. The molecule has 2 heterocycles. The fourth-order valence-electron chi connectivity index (χ4n) is 3.67. The zero-order chi connectivity index (χ0) is 21.3. The first-order chi connectivity index (χ1) is 14.5. The first kappa shape index (κ1) is 21.5. The van der Waals surface area contributed by atoms with Crippen LogP contribution in [0, 0.1) is 0 Å². The minimum absolute atomic E-state index is 0.0919. The SMILES string of the molecule is CC(=O)O.O=C(NCCCn1ncc2ccccc21)[C@H]1CC[C@H](c2ccccc2)N1. The number of hydrogen-bond donors (Lipinski definition) is 3. The van der Waals surface area contributed by atoms with E-state index in [1.165, 1.54) is 5.56 Å². The van der Waals surface area contributed by atoms with Gasteiger partial charge in [0.1, 0.15) is 0 Å². The molecule has 1 saturated heterocycles. The van der Waals surface area contributed by atoms with Crippen LogP contribution in [0.5, 0.6) is 0 Å². The van der Waals surface area contributed by atoms with Crippen molar-refractivity contribution in [2.45, 2.75) is 44.8 Å². The van der Waals surface area contributed by atoms with Crippen molar-refractivity contribution in [3.63, 3.8) is 0 Å². The Morgan fingerprint density at radius 3 is 2.60 bits per heavy atom. The number of aryl methyl sites for hydroxylation is 1. The Kier molecular flexibility index (Phi) is 7.57. The van der Waals surface area contributed by atoms with E-state index in [0.29, 0.717) is 6.54 Å². The number of carboxylic acid groups (broad SMARTS) is 1. The van der Waals surface area contributed by atoms with Crippen molar-refractivity contribution in [3.8, 4) is 0 Å². The van der Waals surface area contributed by atoms with Crippen LogP contribution in [0.2, 0.25) is 0 Å². The summed E-state index contributed by atoms with van der Waals surface area (Å²) in [5.41, 5.74) is 2.40. The first-order valence-electron chi connectivity index (χ1n) is 10.2. The number of carbonyl (C=O) groups excluding carboxylic acids is 1. The van der Waals surface area contributed by atoms with Gasteiger partial charge in [0, 0.05) is 31.4 Å². The Morgan fingerprint density at radius 2 is 1.83 bits per heavy atom. The summed E-state index contributed by atoms with van der Waals surface area (Å²) in [5.74, 6) is -0.728. The van der Waals surface area contributed by atoms with Crippen molar-refractivity contribution in [2.75, 3.05) is 6.54 Å². The molecule has 2 aromatic carbocycles. The fourth-order valence-corrected chi connectivity index (χ4v) is 3.67. The molecule has 0 spiro atoms. The minimum atomic E-state index is -0.833. The van der Waals surface area contributed by atoms with Crippen LogP contribution in [0.4, 0.5) is 0 Å². The number of fused-ring (bicyclic) bond motifs is 1. The lowest BCUT2D eigenvalue weighted by Gasteiger charge is -2.15. The zero-order valence-electron chi connectivity index (χ0n) is 17.1. The molecule has 1 fully saturated rings. The third-order valence-corrected chi connectivity index (χ3v) is 5.06. The third kappa shape index (κ3) is 5.90. The van der Waals surface area contributed by atoms with E-state index in [0.717, 1.165) is 43.6 Å². The van der Waals surface area contributed by atoms with E-state index in [-0.39, 0.29) is 18.0 Å². The molecule has 2 atom stereocenters. The maximum atomic E-state index is 12.4. The molecule has 0 unspecified atom stereocenters. The van der Waals surface area contributed by atoms with Crippen molar-refractivity contribution >= 4 is 22.8 Å². The lowest BCUT2D eigenvalue weighted by molar-refractivity contribution is -0.134. The van der Waals surface area contributed by atoms with Gasteiger partial charge in [0.05, 0.1) is 17.8 Å². The van der Waals surface area contributed by atoms with Gasteiger partial charge in [-0.1, -0.05) is 48.5 Å². The monoisotopic (exact) mass is 408 g/mol. The first-order valence-corrected chi connectivity index (χ1v) is 10.2. The van der Waals surface area contributed by atoms with Gasteiger partial charge in [0.15, 0.2) is 0 Å². The highest BCUT2D eigenvalue weighted by Crippen LogP contribution is 2.26. The van der Waals surface area contributed by atoms with Gasteiger partial charge < -0.3 is 10.4 Å². The fraction of sp³-hybridized carbons (Fsp3) is 0.348. The van der Waals surface area contributed by atoms with Gasteiger partial charge >= 0.3 is 0 Å². The van der Waals surface area contributed by atoms with Crippen molar-refractivity contribution in [3.05, 3.63) is 66.4 Å². The van der Waals surface area contributed by atoms with Crippen molar-refractivity contribution in [1.82, 2.24) is 20.4 Å². The topological polar surface area (TPSA) is 96.2 Å². The summed E-state index contributed by atoms with van der Waals surface area (Å²) in [6.07, 6.45) is 4.64. The lowest BCUT2D eigenvalue weighted by Crippen LogP contribution is -2.41. The number of carbonyl (C=O) groups is 2. The standard InChI is InChI=1S/C21H24N4O.C2H4O2/c26-21(19-12-11-18(24-19)16-7-2-1-3-8-16)22-13-6-14-25-20-10-5-4-9-17(20)15-23-25;1-2(3)4/h1-5,7-10,15,18-19,24H,6,11-14H2,(H,22,26);1H3,(H,3,4)/t18-,19-;/m1./s1. The van der Waals surface area contributed by atoms with Crippen LogP contribution >= 0.6 is 0 Å². The van der Waals surface area contributed by atoms with E-state index in [1.54, 1.807) is 0 Å². The molecule has 1 aliphatic heterocycles. The van der Waals surface area contributed by atoms with E-state index >= 15 is 0 Å². The van der Waals surface area contributed by atoms with Crippen LogP contribution in [0.25, 0.3) is 10.9 Å². The molecule has 0 bridgehead atoms. The van der Waals surface area contributed by atoms with Gasteiger partial charge in [-0.25, -0.2) is 0 Å². The number of hydrogen-bond acceptors (Lipinski definition) is 4. The number of aromatic nitrogens is 2. The minimum Gasteiger partial charge on any atom is -0.481 e. The molecular weight excluding hydrogens is 380 g/mol. The normalized spacial score (nSPS) is 17.9. The molecule has 0 aliphatic carbocycles. The molecule has 158 valence electrons. The highest BCUT2D eigenvalue weighted by atomic mass is 16.4. The number of aliphatic carboxylic acids is 1. The van der Waals surface area contributed by atoms with Gasteiger partial charge in [-0.2, -0.15) is 5.10 Å². The molecule has 3 aromatic rings. The van der Waals surface area contributed by atoms with E-state index in [9.17, 15) is 4.79 Å². The second kappa shape index (κ2) is 10.5. The second-order valence-electron chi connectivity index (χ2n) is 7.35. The summed E-state index contributed by atoms with van der Waals surface area (Å²) in [7, 11) is 0. The highest BCUT2D eigenvalue weighted by Gasteiger charge is 2.29. The molecule has 0 saturated carbocycles. The smallest absolute Gasteiger partial charge is 0.300 e. The molecule has 3 N–H and O–H groups in total. The van der Waals surface area contributed by atoms with Crippen molar-refractivity contribution in [1.29, 1.82) is 0 Å². The van der Waals surface area contributed by atoms with Crippen molar-refractivity contribution in [2.24, 2.45) is 0 Å². The summed E-state index contributed by atoms with van der Waals surface area (Å²) in [6, 6.07) is 18.7. The molecule has 7 heteroatoms. The number of para-hydroxylation sites is 1. The summed E-state index contributed by atoms with van der Waals surface area (Å²) in [6.45, 7) is 2.56. The van der Waals surface area contributed by atoms with Gasteiger partial charge in [-0.15, -0.1) is 0 Å². The highest BCUT2D eigenvalue weighted by molar-refractivity contribution is 5.82. The van der Waals surface area contributed by atoms with Crippen LogP contribution in [-0.2, 0) is 16.1 Å². The Balaban J connectivity index is 0.000000589. The van der Waals surface area contributed by atoms with Crippen molar-refractivity contribution < 1.29 is 14.7 Å². The van der Waals surface area contributed by atoms with E-state index in [1.807, 2.05) is 41.2 Å². The van der Waals surface area contributed by atoms with Crippen LogP contribution < -0.4 is 10.6 Å². The Bertz CT molecular complexity index is 967. The molecule has 1 aliphatic rings. The molecule has 4 rings (SSSR count). The van der Waals surface area contributed by atoms with E-state index in [4.69, 9.17) is 9.90 Å². The van der Waals surface area contributed by atoms with Crippen LogP contribution in [0.3, 0.4) is 0 Å². The number of carboxylic acids is 1. The Morgan fingerprint density at radius 1 is 1.13 bits per heavy atom.